The lowest BCUT2D eigenvalue weighted by Crippen LogP contribution is -2.44. The summed E-state index contributed by atoms with van der Waals surface area (Å²) in [5, 5.41) is 15.4. The molecule has 3 aromatic rings. The third-order valence-electron chi connectivity index (χ3n) is 5.99. The van der Waals surface area contributed by atoms with Gasteiger partial charge in [0.25, 0.3) is 0 Å². The fourth-order valence-electron chi connectivity index (χ4n) is 4.44. The van der Waals surface area contributed by atoms with Crippen molar-refractivity contribution >= 4 is 35.7 Å². The van der Waals surface area contributed by atoms with Crippen LogP contribution < -0.4 is 5.32 Å². The van der Waals surface area contributed by atoms with Gasteiger partial charge in [-0.3, -0.25) is 4.90 Å². The predicted molar refractivity (Wildman–Crippen MR) is 130 cm³/mol. The standard InChI is InChI=1S/C24H31N3O.2ClH/c1-17(14-19-8-4-3-5-9-19)25-15-20(28)16-27-13-12-22-21-10-6-7-11-23(21)26-24(22)18(27)2;;/h3-11,17-18,20,25-26,28H,12-16H2,1-2H3;2*1H. The Morgan fingerprint density at radius 1 is 1.10 bits per heavy atom. The fraction of sp³-hybridized carbons (Fsp3) is 0.417. The molecule has 1 aliphatic heterocycles. The van der Waals surface area contributed by atoms with Crippen LogP contribution in [0.5, 0.6) is 0 Å². The van der Waals surface area contributed by atoms with Crippen LogP contribution in [0, 0.1) is 0 Å². The Balaban J connectivity index is 0.00000160. The normalized spacial score (nSPS) is 18.2. The maximum absolute atomic E-state index is 10.6. The average Bonchev–Trinajstić information content (AvgIpc) is 3.09. The molecule has 6 heteroatoms. The fourth-order valence-corrected chi connectivity index (χ4v) is 4.44. The first kappa shape index (κ1) is 24.7. The monoisotopic (exact) mass is 449 g/mol. The molecular formula is C24H33Cl2N3O. The van der Waals surface area contributed by atoms with Crippen LogP contribution in [0.3, 0.4) is 0 Å². The lowest BCUT2D eigenvalue weighted by atomic mass is 9.98. The number of hydrogen-bond donors (Lipinski definition) is 3. The molecule has 2 aromatic carbocycles. The predicted octanol–water partition coefficient (Wildman–Crippen LogP) is 4.51. The number of halogens is 2. The Labute approximate surface area is 191 Å². The first-order valence-electron chi connectivity index (χ1n) is 10.4. The highest BCUT2D eigenvalue weighted by molar-refractivity contribution is 5.86. The zero-order valence-electron chi connectivity index (χ0n) is 17.7. The van der Waals surface area contributed by atoms with Crippen molar-refractivity contribution < 1.29 is 5.11 Å². The molecule has 0 radical (unpaired) electrons. The molecule has 0 saturated heterocycles. The van der Waals surface area contributed by atoms with E-state index in [1.807, 2.05) is 6.07 Å². The number of nitrogens with zero attached hydrogens (tertiary/aromatic N) is 1. The maximum atomic E-state index is 10.6. The van der Waals surface area contributed by atoms with Gasteiger partial charge in [-0.15, -0.1) is 24.8 Å². The van der Waals surface area contributed by atoms with Crippen molar-refractivity contribution in [3.63, 3.8) is 0 Å². The number of aliphatic hydroxyl groups excluding tert-OH is 1. The topological polar surface area (TPSA) is 51.3 Å². The molecular weight excluding hydrogens is 417 g/mol. The number of para-hydroxylation sites is 1. The number of aromatic amines is 1. The molecule has 2 heterocycles. The molecule has 3 atom stereocenters. The van der Waals surface area contributed by atoms with E-state index < -0.39 is 0 Å². The highest BCUT2D eigenvalue weighted by atomic mass is 35.5. The molecule has 0 bridgehead atoms. The number of fused-ring (bicyclic) bond motifs is 3. The molecule has 164 valence electrons. The zero-order chi connectivity index (χ0) is 19.5. The first-order chi connectivity index (χ1) is 13.6. The van der Waals surface area contributed by atoms with Crippen molar-refractivity contribution in [1.82, 2.24) is 15.2 Å². The number of hydrogen-bond acceptors (Lipinski definition) is 3. The quantitative estimate of drug-likeness (QED) is 0.497. The molecule has 1 aromatic heterocycles. The van der Waals surface area contributed by atoms with Crippen LogP contribution in [0.4, 0.5) is 0 Å². The Kier molecular flexibility index (Phi) is 9.20. The van der Waals surface area contributed by atoms with Gasteiger partial charge < -0.3 is 15.4 Å². The van der Waals surface area contributed by atoms with Crippen LogP contribution in [0.2, 0.25) is 0 Å². The maximum Gasteiger partial charge on any atom is 0.0791 e. The second-order valence-electron chi connectivity index (χ2n) is 8.14. The molecule has 0 aliphatic carbocycles. The molecule has 0 saturated carbocycles. The van der Waals surface area contributed by atoms with E-state index in [0.29, 0.717) is 25.2 Å². The number of nitrogens with one attached hydrogen (secondary N) is 2. The second kappa shape index (κ2) is 11.2. The molecule has 3 N–H and O–H groups in total. The number of β-amino-alcohol motifs (C(OH)–C–C–N with tert-alkyl or cyclic N) is 1. The number of benzene rings is 2. The van der Waals surface area contributed by atoms with Gasteiger partial charge in [0.1, 0.15) is 0 Å². The summed E-state index contributed by atoms with van der Waals surface area (Å²) in [5.41, 5.74) is 5.31. The number of H-pyrrole nitrogens is 1. The van der Waals surface area contributed by atoms with Gasteiger partial charge in [-0.05, 0) is 43.9 Å². The van der Waals surface area contributed by atoms with Crippen LogP contribution in [-0.2, 0) is 12.8 Å². The minimum Gasteiger partial charge on any atom is -0.390 e. The number of aliphatic hydroxyl groups is 1. The third-order valence-corrected chi connectivity index (χ3v) is 5.99. The lowest BCUT2D eigenvalue weighted by Gasteiger charge is -2.35. The summed E-state index contributed by atoms with van der Waals surface area (Å²) in [6, 6.07) is 19.7. The SMILES string of the molecule is CC(Cc1ccccc1)NCC(O)CN1CCc2c([nH]c3ccccc23)C1C.Cl.Cl. The van der Waals surface area contributed by atoms with Gasteiger partial charge in [0.05, 0.1) is 6.10 Å². The van der Waals surface area contributed by atoms with Gasteiger partial charge in [0.15, 0.2) is 0 Å². The first-order valence-corrected chi connectivity index (χ1v) is 10.4. The van der Waals surface area contributed by atoms with Crippen LogP contribution in [0.25, 0.3) is 10.9 Å². The van der Waals surface area contributed by atoms with E-state index >= 15 is 0 Å². The van der Waals surface area contributed by atoms with E-state index in [4.69, 9.17) is 0 Å². The summed E-state index contributed by atoms with van der Waals surface area (Å²) in [6.45, 7) is 6.73. The minimum absolute atomic E-state index is 0. The molecule has 1 aliphatic rings. The van der Waals surface area contributed by atoms with Gasteiger partial charge in [-0.1, -0.05) is 48.5 Å². The second-order valence-corrected chi connectivity index (χ2v) is 8.14. The van der Waals surface area contributed by atoms with Crippen LogP contribution in [0.15, 0.2) is 54.6 Å². The van der Waals surface area contributed by atoms with Crippen molar-refractivity contribution in [2.24, 2.45) is 0 Å². The number of aromatic nitrogens is 1. The lowest BCUT2D eigenvalue weighted by molar-refractivity contribution is 0.0834. The summed E-state index contributed by atoms with van der Waals surface area (Å²) in [6.07, 6.45) is 1.65. The Morgan fingerprint density at radius 2 is 1.80 bits per heavy atom. The van der Waals surface area contributed by atoms with E-state index in [-0.39, 0.29) is 30.9 Å². The highest BCUT2D eigenvalue weighted by Crippen LogP contribution is 2.34. The van der Waals surface area contributed by atoms with Crippen molar-refractivity contribution in [2.45, 2.75) is 44.9 Å². The minimum atomic E-state index is -0.369. The Hall–Kier alpha value is -1.56. The summed E-state index contributed by atoms with van der Waals surface area (Å²) >= 11 is 0. The largest absolute Gasteiger partial charge is 0.390 e. The molecule has 4 nitrogen and oxygen atoms in total. The summed E-state index contributed by atoms with van der Waals surface area (Å²) in [7, 11) is 0. The van der Waals surface area contributed by atoms with Gasteiger partial charge in [-0.25, -0.2) is 0 Å². The molecule has 4 rings (SSSR count). The molecule has 0 fully saturated rings. The van der Waals surface area contributed by atoms with Crippen molar-refractivity contribution in [3.05, 3.63) is 71.4 Å². The van der Waals surface area contributed by atoms with Crippen molar-refractivity contribution in [2.75, 3.05) is 19.6 Å². The highest BCUT2D eigenvalue weighted by Gasteiger charge is 2.28. The summed E-state index contributed by atoms with van der Waals surface area (Å²) in [5.74, 6) is 0. The molecule has 30 heavy (non-hydrogen) atoms. The van der Waals surface area contributed by atoms with Crippen molar-refractivity contribution in [1.29, 1.82) is 0 Å². The average molecular weight is 450 g/mol. The Bertz CT molecular complexity index is 915. The molecule has 0 amide bonds. The smallest absolute Gasteiger partial charge is 0.0791 e. The van der Waals surface area contributed by atoms with Gasteiger partial charge in [0, 0.05) is 48.3 Å². The van der Waals surface area contributed by atoms with Crippen LogP contribution >= 0.6 is 24.8 Å². The Morgan fingerprint density at radius 3 is 2.57 bits per heavy atom. The van der Waals surface area contributed by atoms with E-state index in [9.17, 15) is 5.11 Å². The van der Waals surface area contributed by atoms with E-state index in [1.54, 1.807) is 0 Å². The van der Waals surface area contributed by atoms with Crippen molar-refractivity contribution in [3.8, 4) is 0 Å². The van der Waals surface area contributed by atoms with E-state index in [0.717, 1.165) is 19.4 Å². The van der Waals surface area contributed by atoms with Crippen LogP contribution in [0.1, 0.15) is 36.7 Å². The summed E-state index contributed by atoms with van der Waals surface area (Å²) in [4.78, 5) is 6.00. The van der Waals surface area contributed by atoms with Gasteiger partial charge in [-0.2, -0.15) is 0 Å². The summed E-state index contributed by atoms with van der Waals surface area (Å²) < 4.78 is 0. The van der Waals surface area contributed by atoms with Crippen LogP contribution in [-0.4, -0.2) is 46.8 Å². The number of rotatable bonds is 7. The molecule has 0 spiro atoms. The molecule has 3 unspecified atom stereocenters. The zero-order valence-corrected chi connectivity index (χ0v) is 19.3. The van der Waals surface area contributed by atoms with E-state index in [2.05, 4.69) is 77.6 Å². The van der Waals surface area contributed by atoms with Gasteiger partial charge >= 0.3 is 0 Å². The van der Waals surface area contributed by atoms with Gasteiger partial charge in [0.2, 0.25) is 0 Å². The van der Waals surface area contributed by atoms with E-state index in [1.165, 1.54) is 27.7 Å². The third kappa shape index (κ3) is 5.57.